The molecule has 0 fully saturated rings. The van der Waals surface area contributed by atoms with Crippen LogP contribution < -0.4 is 14.2 Å². The molecule has 0 aromatic heterocycles. The van der Waals surface area contributed by atoms with Gasteiger partial charge in [0.15, 0.2) is 17.3 Å². The summed E-state index contributed by atoms with van der Waals surface area (Å²) in [6.45, 7) is 3.70. The molecule has 2 aromatic rings. The van der Waals surface area contributed by atoms with Crippen LogP contribution in [0.2, 0.25) is 0 Å². The van der Waals surface area contributed by atoms with Crippen molar-refractivity contribution in [1.29, 1.82) is 0 Å². The molecule has 2 aliphatic rings. The Bertz CT molecular complexity index is 1020. The molecule has 1 atom stereocenters. The highest BCUT2D eigenvalue weighted by Gasteiger charge is 2.38. The number of hydrogen-bond donors (Lipinski definition) is 3. The molecule has 2 aliphatic heterocycles. The summed E-state index contributed by atoms with van der Waals surface area (Å²) < 4.78 is 16.6. The highest BCUT2D eigenvalue weighted by Crippen LogP contribution is 2.49. The molecule has 7 nitrogen and oxygen atoms in total. The molecule has 0 radical (unpaired) electrons. The Labute approximate surface area is 161 Å². The van der Waals surface area contributed by atoms with Gasteiger partial charge in [-0.05, 0) is 32.1 Å². The van der Waals surface area contributed by atoms with Gasteiger partial charge in [-0.15, -0.1) is 0 Å². The molecule has 3 N–H and O–H groups in total. The van der Waals surface area contributed by atoms with Crippen molar-refractivity contribution in [1.82, 2.24) is 0 Å². The number of hydrogen-bond acceptors (Lipinski definition) is 7. The number of fused-ring (bicyclic) bond motifs is 3. The average molecular weight is 384 g/mol. The van der Waals surface area contributed by atoms with Crippen molar-refractivity contribution >= 4 is 11.9 Å². The number of phenols is 3. The van der Waals surface area contributed by atoms with Gasteiger partial charge in [0, 0.05) is 11.6 Å². The molecular weight excluding hydrogens is 364 g/mol. The summed E-state index contributed by atoms with van der Waals surface area (Å²) >= 11 is 0. The van der Waals surface area contributed by atoms with E-state index in [1.54, 1.807) is 6.08 Å². The van der Waals surface area contributed by atoms with Gasteiger partial charge < -0.3 is 29.5 Å². The highest BCUT2D eigenvalue weighted by molar-refractivity contribution is 6.08. The van der Waals surface area contributed by atoms with E-state index >= 15 is 0 Å². The number of aromatic hydroxyl groups is 3. The highest BCUT2D eigenvalue weighted by atomic mass is 16.5. The molecule has 2 aromatic carbocycles. The monoisotopic (exact) mass is 384 g/mol. The summed E-state index contributed by atoms with van der Waals surface area (Å²) in [4.78, 5) is 13.1. The first-order chi connectivity index (χ1) is 13.2. The number of ether oxygens (including phenoxy) is 3. The van der Waals surface area contributed by atoms with Crippen LogP contribution in [0.1, 0.15) is 41.3 Å². The Morgan fingerprint density at radius 2 is 1.93 bits per heavy atom. The number of carbonyl (C=O) groups excluding carboxylic acids is 1. The van der Waals surface area contributed by atoms with Crippen molar-refractivity contribution < 1.29 is 34.3 Å². The van der Waals surface area contributed by atoms with E-state index in [4.69, 9.17) is 14.2 Å². The van der Waals surface area contributed by atoms with E-state index in [0.717, 1.165) is 0 Å². The summed E-state index contributed by atoms with van der Waals surface area (Å²) in [6.07, 6.45) is 3.65. The Morgan fingerprint density at radius 1 is 1.18 bits per heavy atom. The second-order valence-electron chi connectivity index (χ2n) is 7.33. The molecule has 0 amide bonds. The van der Waals surface area contributed by atoms with Crippen LogP contribution in [0, 0.1) is 0 Å². The van der Waals surface area contributed by atoms with Crippen molar-refractivity contribution in [2.24, 2.45) is 0 Å². The standard InChI is InChI=1S/C21H20O7/c1-21(2)7-6-11-15(28-21)8-13(22)16-17(23)12(9-27-20(11)16)10-4-5-14(26-3)19(25)18(10)24/h4-8,12,22,24-25H,9H2,1-3H3. The minimum Gasteiger partial charge on any atom is -0.507 e. The van der Waals surface area contributed by atoms with Gasteiger partial charge in [-0.1, -0.05) is 6.07 Å². The molecule has 0 spiro atoms. The smallest absolute Gasteiger partial charge is 0.200 e. The van der Waals surface area contributed by atoms with Crippen molar-refractivity contribution in [3.05, 3.63) is 41.0 Å². The lowest BCUT2D eigenvalue weighted by Gasteiger charge is -2.32. The Hall–Kier alpha value is -3.35. The van der Waals surface area contributed by atoms with Crippen LogP contribution in [-0.4, -0.2) is 40.4 Å². The summed E-state index contributed by atoms with van der Waals surface area (Å²) in [5.41, 5.74) is 0.263. The van der Waals surface area contributed by atoms with Crippen LogP contribution in [0.15, 0.2) is 24.3 Å². The number of rotatable bonds is 2. The summed E-state index contributed by atoms with van der Waals surface area (Å²) in [6, 6.07) is 4.35. The molecular formula is C21H20O7. The maximum Gasteiger partial charge on any atom is 0.200 e. The lowest BCUT2D eigenvalue weighted by atomic mass is 9.86. The van der Waals surface area contributed by atoms with Crippen molar-refractivity contribution in [3.8, 4) is 34.5 Å². The molecule has 0 aliphatic carbocycles. The number of carbonyl (C=O) groups is 1. The first kappa shape index (κ1) is 18.0. The van der Waals surface area contributed by atoms with Crippen LogP contribution in [0.3, 0.4) is 0 Å². The normalized spacial score (nSPS) is 19.2. The third-order valence-electron chi connectivity index (χ3n) is 4.98. The average Bonchev–Trinajstić information content (AvgIpc) is 2.63. The van der Waals surface area contributed by atoms with Crippen LogP contribution in [0.4, 0.5) is 0 Å². The number of Topliss-reactive ketones (excluding diaryl/α,β-unsaturated/α-hetero) is 1. The van der Waals surface area contributed by atoms with Gasteiger partial charge in [0.25, 0.3) is 0 Å². The van der Waals surface area contributed by atoms with E-state index in [0.29, 0.717) is 11.3 Å². The zero-order chi connectivity index (χ0) is 20.2. The maximum atomic E-state index is 13.1. The van der Waals surface area contributed by atoms with Crippen LogP contribution >= 0.6 is 0 Å². The van der Waals surface area contributed by atoms with E-state index in [1.165, 1.54) is 25.3 Å². The molecule has 1 unspecified atom stereocenters. The van der Waals surface area contributed by atoms with E-state index in [2.05, 4.69) is 0 Å². The minimum atomic E-state index is -0.891. The van der Waals surface area contributed by atoms with Crippen molar-refractivity contribution in [2.45, 2.75) is 25.4 Å². The molecule has 28 heavy (non-hydrogen) atoms. The largest absolute Gasteiger partial charge is 0.507 e. The number of benzene rings is 2. The van der Waals surface area contributed by atoms with E-state index in [-0.39, 0.29) is 35.0 Å². The Kier molecular flexibility index (Phi) is 3.92. The maximum absolute atomic E-state index is 13.1. The van der Waals surface area contributed by atoms with Crippen LogP contribution in [0.25, 0.3) is 6.08 Å². The summed E-state index contributed by atoms with van der Waals surface area (Å²) in [5, 5.41) is 30.9. The Morgan fingerprint density at radius 3 is 2.64 bits per heavy atom. The predicted octanol–water partition coefficient (Wildman–Crippen LogP) is 3.36. The minimum absolute atomic E-state index is 0.0256. The van der Waals surface area contributed by atoms with Gasteiger partial charge in [0.05, 0.1) is 18.6 Å². The molecule has 146 valence electrons. The molecule has 0 saturated carbocycles. The molecule has 7 heteroatoms. The first-order valence-corrected chi connectivity index (χ1v) is 8.77. The fourth-order valence-electron chi connectivity index (χ4n) is 3.54. The van der Waals surface area contributed by atoms with Gasteiger partial charge in [0.2, 0.25) is 5.75 Å². The zero-order valence-electron chi connectivity index (χ0n) is 15.6. The molecule has 4 rings (SSSR count). The molecule has 0 bridgehead atoms. The second kappa shape index (κ2) is 6.09. The van der Waals surface area contributed by atoms with Crippen molar-refractivity contribution in [2.75, 3.05) is 13.7 Å². The number of ketones is 1. The summed E-state index contributed by atoms with van der Waals surface area (Å²) in [7, 11) is 1.36. The van der Waals surface area contributed by atoms with Gasteiger partial charge in [-0.3, -0.25) is 4.79 Å². The second-order valence-corrected chi connectivity index (χ2v) is 7.33. The third kappa shape index (κ3) is 2.62. The Balaban J connectivity index is 1.80. The lowest BCUT2D eigenvalue weighted by molar-refractivity contribution is 0.0887. The van der Waals surface area contributed by atoms with Crippen molar-refractivity contribution in [3.63, 3.8) is 0 Å². The van der Waals surface area contributed by atoms with Gasteiger partial charge in [0.1, 0.15) is 35.0 Å². The van der Waals surface area contributed by atoms with Crippen LogP contribution in [0.5, 0.6) is 34.5 Å². The van der Waals surface area contributed by atoms with Gasteiger partial charge >= 0.3 is 0 Å². The lowest BCUT2D eigenvalue weighted by Crippen LogP contribution is -2.30. The van der Waals surface area contributed by atoms with Gasteiger partial charge in [-0.25, -0.2) is 0 Å². The van der Waals surface area contributed by atoms with E-state index in [9.17, 15) is 20.1 Å². The first-order valence-electron chi connectivity index (χ1n) is 8.77. The quantitative estimate of drug-likeness (QED) is 0.682. The zero-order valence-corrected chi connectivity index (χ0v) is 15.6. The molecule has 2 heterocycles. The topological polar surface area (TPSA) is 105 Å². The fourth-order valence-corrected chi connectivity index (χ4v) is 3.54. The van der Waals surface area contributed by atoms with Gasteiger partial charge in [-0.2, -0.15) is 0 Å². The summed E-state index contributed by atoms with van der Waals surface area (Å²) in [5.74, 6) is -1.70. The van der Waals surface area contributed by atoms with Crippen LogP contribution in [-0.2, 0) is 0 Å². The number of methoxy groups -OCH3 is 1. The predicted molar refractivity (Wildman–Crippen MR) is 101 cm³/mol. The fraction of sp³-hybridized carbons (Fsp3) is 0.286. The van der Waals surface area contributed by atoms with E-state index in [1.807, 2.05) is 19.9 Å². The molecule has 0 saturated heterocycles. The third-order valence-corrected chi connectivity index (χ3v) is 4.98. The SMILES string of the molecule is COc1ccc(C2COc3c4c(cc(O)c3C2=O)OC(C)(C)C=C4)c(O)c1O. The number of phenolic OH excluding ortho intramolecular Hbond substituents is 3. The van der Waals surface area contributed by atoms with E-state index < -0.39 is 28.8 Å².